The van der Waals surface area contributed by atoms with E-state index < -0.39 is 12.6 Å². The molecular formula is C20H38ClF3. The molecule has 0 nitrogen and oxygen atoms in total. The maximum atomic E-state index is 12.0. The molecule has 0 unspecified atom stereocenters. The molecule has 146 valence electrons. The first-order valence-electron chi connectivity index (χ1n) is 10.2. The molecule has 24 heavy (non-hydrogen) atoms. The lowest BCUT2D eigenvalue weighted by Gasteiger charge is -2.05. The van der Waals surface area contributed by atoms with Crippen molar-refractivity contribution in [1.82, 2.24) is 0 Å². The summed E-state index contributed by atoms with van der Waals surface area (Å²) in [5.74, 6) is 0.804. The van der Waals surface area contributed by atoms with Crippen LogP contribution in [0.25, 0.3) is 0 Å². The third-order valence-electron chi connectivity index (χ3n) is 4.59. The molecule has 0 amide bonds. The Morgan fingerprint density at radius 1 is 0.417 bits per heavy atom. The number of alkyl halides is 4. The quantitative estimate of drug-likeness (QED) is 0.167. The molecule has 0 aliphatic heterocycles. The van der Waals surface area contributed by atoms with Gasteiger partial charge >= 0.3 is 6.18 Å². The molecular weight excluding hydrogens is 333 g/mol. The maximum absolute atomic E-state index is 12.0. The molecule has 4 heteroatoms. The van der Waals surface area contributed by atoms with Gasteiger partial charge in [-0.2, -0.15) is 13.2 Å². The van der Waals surface area contributed by atoms with Crippen LogP contribution in [0, 0.1) is 0 Å². The van der Waals surface area contributed by atoms with Crippen molar-refractivity contribution in [3.05, 3.63) is 0 Å². The first-order chi connectivity index (χ1) is 11.6. The van der Waals surface area contributed by atoms with E-state index in [1.807, 2.05) is 0 Å². The van der Waals surface area contributed by atoms with Crippen molar-refractivity contribution in [1.29, 1.82) is 0 Å². The summed E-state index contributed by atoms with van der Waals surface area (Å²) in [6, 6.07) is 0. The van der Waals surface area contributed by atoms with Crippen molar-refractivity contribution in [3.63, 3.8) is 0 Å². The van der Waals surface area contributed by atoms with E-state index in [9.17, 15) is 13.2 Å². The number of rotatable bonds is 18. The highest BCUT2D eigenvalue weighted by atomic mass is 35.5. The third-order valence-corrected chi connectivity index (χ3v) is 4.86. The zero-order valence-corrected chi connectivity index (χ0v) is 16.2. The van der Waals surface area contributed by atoms with Gasteiger partial charge in [0.2, 0.25) is 0 Å². The molecule has 0 atom stereocenters. The van der Waals surface area contributed by atoms with Crippen LogP contribution in [0.5, 0.6) is 0 Å². The second-order valence-corrected chi connectivity index (χ2v) is 7.44. The van der Waals surface area contributed by atoms with Crippen LogP contribution in [-0.2, 0) is 0 Å². The molecule has 0 saturated heterocycles. The molecule has 0 spiro atoms. The van der Waals surface area contributed by atoms with Crippen molar-refractivity contribution in [2.45, 2.75) is 122 Å². The van der Waals surface area contributed by atoms with Crippen LogP contribution in [0.4, 0.5) is 13.2 Å². The Morgan fingerprint density at radius 2 is 0.667 bits per heavy atom. The van der Waals surface area contributed by atoms with E-state index in [1.165, 1.54) is 77.0 Å². The Morgan fingerprint density at radius 3 is 0.917 bits per heavy atom. The molecule has 0 aliphatic rings. The monoisotopic (exact) mass is 370 g/mol. The molecule has 0 radical (unpaired) electrons. The van der Waals surface area contributed by atoms with Crippen LogP contribution in [0.3, 0.4) is 0 Å². The van der Waals surface area contributed by atoms with E-state index >= 15 is 0 Å². The van der Waals surface area contributed by atoms with Gasteiger partial charge in [-0.25, -0.2) is 0 Å². The fourth-order valence-corrected chi connectivity index (χ4v) is 3.26. The fraction of sp³-hybridized carbons (Fsp3) is 1.00. The van der Waals surface area contributed by atoms with Crippen molar-refractivity contribution >= 4 is 11.6 Å². The van der Waals surface area contributed by atoms with Gasteiger partial charge in [-0.3, -0.25) is 0 Å². The highest BCUT2D eigenvalue weighted by Gasteiger charge is 2.25. The molecule has 0 aromatic heterocycles. The van der Waals surface area contributed by atoms with Crippen molar-refractivity contribution in [3.8, 4) is 0 Å². The van der Waals surface area contributed by atoms with Gasteiger partial charge in [-0.05, 0) is 12.8 Å². The summed E-state index contributed by atoms with van der Waals surface area (Å²) in [7, 11) is 0. The van der Waals surface area contributed by atoms with Gasteiger partial charge in [0.05, 0.1) is 0 Å². The van der Waals surface area contributed by atoms with Crippen molar-refractivity contribution in [2.24, 2.45) is 0 Å². The molecule has 0 bridgehead atoms. The van der Waals surface area contributed by atoms with E-state index in [-0.39, 0.29) is 0 Å². The van der Waals surface area contributed by atoms with E-state index in [0.29, 0.717) is 6.42 Å². The molecule has 0 N–H and O–H groups in total. The van der Waals surface area contributed by atoms with Gasteiger partial charge in [0.25, 0.3) is 0 Å². The Kier molecular flexibility index (Phi) is 17.9. The lowest BCUT2D eigenvalue weighted by Crippen LogP contribution is -2.06. The maximum Gasteiger partial charge on any atom is 0.389 e. The SMILES string of the molecule is FC(F)(F)CCCCCCCCCCCCCCCCCCCCl. The number of unbranched alkanes of at least 4 members (excludes halogenated alkanes) is 16. The smallest absolute Gasteiger partial charge is 0.171 e. The lowest BCUT2D eigenvalue weighted by molar-refractivity contribution is -0.135. The highest BCUT2D eigenvalue weighted by Crippen LogP contribution is 2.23. The third kappa shape index (κ3) is 22.1. The van der Waals surface area contributed by atoms with Crippen LogP contribution in [0.1, 0.15) is 116 Å². The zero-order valence-electron chi connectivity index (χ0n) is 15.4. The molecule has 0 aromatic rings. The second kappa shape index (κ2) is 17.9. The normalized spacial score (nSPS) is 12.0. The van der Waals surface area contributed by atoms with Gasteiger partial charge in [0.15, 0.2) is 0 Å². The lowest BCUT2D eigenvalue weighted by atomic mass is 10.0. The topological polar surface area (TPSA) is 0 Å². The van der Waals surface area contributed by atoms with Crippen LogP contribution in [0.2, 0.25) is 0 Å². The molecule has 0 saturated carbocycles. The minimum atomic E-state index is -3.97. The number of halogens is 4. The van der Waals surface area contributed by atoms with Gasteiger partial charge in [0, 0.05) is 12.3 Å². The largest absolute Gasteiger partial charge is 0.389 e. The second-order valence-electron chi connectivity index (χ2n) is 7.06. The Hall–Kier alpha value is 0.0800. The summed E-state index contributed by atoms with van der Waals surface area (Å²) in [5, 5.41) is 0. The van der Waals surface area contributed by atoms with Gasteiger partial charge in [0.1, 0.15) is 0 Å². The predicted octanol–water partition coefficient (Wildman–Crippen LogP) is 8.81. The molecule has 0 aliphatic carbocycles. The number of hydrogen-bond donors (Lipinski definition) is 0. The summed E-state index contributed by atoms with van der Waals surface area (Å²) in [6.07, 6.45) is 15.5. The first-order valence-corrected chi connectivity index (χ1v) is 10.7. The van der Waals surface area contributed by atoms with Crippen LogP contribution < -0.4 is 0 Å². The standard InChI is InChI=1S/C20H38ClF3/c21-19-17-15-13-11-9-7-5-3-1-2-4-6-8-10-12-14-16-18-20(22,23)24/h1-19H2. The number of hydrogen-bond acceptors (Lipinski definition) is 0. The summed E-state index contributed by atoms with van der Waals surface area (Å²) in [4.78, 5) is 0. The van der Waals surface area contributed by atoms with Crippen molar-refractivity contribution in [2.75, 3.05) is 5.88 Å². The van der Waals surface area contributed by atoms with Gasteiger partial charge in [-0.15, -0.1) is 11.6 Å². The highest BCUT2D eigenvalue weighted by molar-refractivity contribution is 6.17. The van der Waals surface area contributed by atoms with Gasteiger partial charge < -0.3 is 0 Å². The van der Waals surface area contributed by atoms with Crippen LogP contribution >= 0.6 is 11.6 Å². The first kappa shape index (κ1) is 24.1. The minimum absolute atomic E-state index is 0.302. The summed E-state index contributed by atoms with van der Waals surface area (Å²) in [5.41, 5.74) is 0. The molecule has 0 heterocycles. The van der Waals surface area contributed by atoms with E-state index in [1.54, 1.807) is 0 Å². The van der Waals surface area contributed by atoms with Crippen LogP contribution in [0.15, 0.2) is 0 Å². The summed E-state index contributed by atoms with van der Waals surface area (Å²) < 4.78 is 35.9. The summed E-state index contributed by atoms with van der Waals surface area (Å²) in [6.45, 7) is 0. The van der Waals surface area contributed by atoms with Gasteiger partial charge in [-0.1, -0.05) is 96.3 Å². The zero-order chi connectivity index (χ0) is 17.9. The van der Waals surface area contributed by atoms with E-state index in [0.717, 1.165) is 31.6 Å². The summed E-state index contributed by atoms with van der Waals surface area (Å²) >= 11 is 5.65. The predicted molar refractivity (Wildman–Crippen MR) is 99.9 cm³/mol. The molecule has 0 fully saturated rings. The average Bonchev–Trinajstić information content (AvgIpc) is 2.52. The van der Waals surface area contributed by atoms with E-state index in [4.69, 9.17) is 11.6 Å². The fourth-order valence-electron chi connectivity index (χ4n) is 3.07. The Labute approximate surface area is 152 Å². The van der Waals surface area contributed by atoms with E-state index in [2.05, 4.69) is 0 Å². The van der Waals surface area contributed by atoms with Crippen molar-refractivity contribution < 1.29 is 13.2 Å². The molecule has 0 rings (SSSR count). The van der Waals surface area contributed by atoms with Crippen LogP contribution in [-0.4, -0.2) is 12.1 Å². The average molecular weight is 371 g/mol. The molecule has 0 aromatic carbocycles. The Balaban J connectivity index is 3.00. The Bertz CT molecular complexity index is 242. The minimum Gasteiger partial charge on any atom is -0.171 e.